The van der Waals surface area contributed by atoms with Crippen LogP contribution in [0.5, 0.6) is 0 Å². The molecule has 0 spiro atoms. The average molecular weight is 717 g/mol. The van der Waals surface area contributed by atoms with Gasteiger partial charge in [0.2, 0.25) is 0 Å². The van der Waals surface area contributed by atoms with Crippen molar-refractivity contribution in [2.24, 2.45) is 0 Å². The largest absolute Gasteiger partial charge is 0.471 e. The summed E-state index contributed by atoms with van der Waals surface area (Å²) in [6.07, 6.45) is -8.74. The number of nitrogens with zero attached hydrogens (tertiary/aromatic N) is 1. The lowest BCUT2D eigenvalue weighted by molar-refractivity contribution is -0.384. The topological polar surface area (TPSA) is 212 Å². The summed E-state index contributed by atoms with van der Waals surface area (Å²) in [5, 5.41) is 17.2. The second-order valence-electron chi connectivity index (χ2n) is 8.99. The predicted octanol–water partition coefficient (Wildman–Crippen LogP) is 4.12. The Labute approximate surface area is 268 Å². The van der Waals surface area contributed by atoms with Crippen LogP contribution in [0.25, 0.3) is 0 Å². The molecule has 0 saturated carbocycles. The molecule has 3 amide bonds. The van der Waals surface area contributed by atoms with Gasteiger partial charge in [-0.25, -0.2) is 4.79 Å². The number of anilines is 1. The first-order valence-electron chi connectivity index (χ1n) is 12.8. The summed E-state index contributed by atoms with van der Waals surface area (Å²) < 4.78 is 66.1. The van der Waals surface area contributed by atoms with Crippen molar-refractivity contribution in [3.8, 4) is 0 Å². The number of nitrogens with one attached hydrogen (secondary N) is 3. The van der Waals surface area contributed by atoms with Gasteiger partial charge in [0.15, 0.2) is 4.84 Å². The third kappa shape index (κ3) is 12.8. The predicted molar refractivity (Wildman–Crippen MR) is 155 cm³/mol. The maximum absolute atomic E-state index is 13.3. The number of amides is 3. The summed E-state index contributed by atoms with van der Waals surface area (Å²) in [5.74, 6) is -4.08. The SMILES string of the molecule is CCOC(=O)CNC(=O)OC[C@@H](NC(=O)C(Cl)Cl)[C@H](OP(=O)(O)Cc1ccc(NC(=O)C(F)(F)F)cc1)c1ccc([N+](=O)[O-])cc1. The van der Waals surface area contributed by atoms with Crippen molar-refractivity contribution >= 4 is 66.0 Å². The molecule has 0 aliphatic rings. The first-order chi connectivity index (χ1) is 21.4. The normalized spacial score (nSPS) is 13.9. The van der Waals surface area contributed by atoms with Gasteiger partial charge in [-0.1, -0.05) is 35.3 Å². The van der Waals surface area contributed by atoms with Crippen molar-refractivity contribution in [1.82, 2.24) is 10.6 Å². The molecule has 2 rings (SSSR count). The zero-order valence-electron chi connectivity index (χ0n) is 23.5. The van der Waals surface area contributed by atoms with E-state index in [0.717, 1.165) is 48.5 Å². The van der Waals surface area contributed by atoms with Gasteiger partial charge in [-0.2, -0.15) is 13.2 Å². The Morgan fingerprint density at radius 2 is 1.65 bits per heavy atom. The molecule has 1 unspecified atom stereocenters. The van der Waals surface area contributed by atoms with E-state index in [4.69, 9.17) is 32.5 Å². The highest BCUT2D eigenvalue weighted by Gasteiger charge is 2.39. The molecule has 2 aromatic carbocycles. The van der Waals surface area contributed by atoms with Gasteiger partial charge in [-0.05, 0) is 42.3 Å². The van der Waals surface area contributed by atoms with E-state index in [2.05, 4.69) is 15.4 Å². The molecule has 0 bridgehead atoms. The Balaban J connectivity index is 2.36. The molecular weight excluding hydrogens is 691 g/mol. The van der Waals surface area contributed by atoms with Gasteiger partial charge in [0.1, 0.15) is 19.3 Å². The molecule has 4 N–H and O–H groups in total. The third-order valence-corrected chi connectivity index (χ3v) is 7.25. The smallest absolute Gasteiger partial charge is 0.465 e. The number of carbonyl (C=O) groups excluding carboxylic acids is 4. The fraction of sp³-hybridized carbons (Fsp3) is 0.360. The fourth-order valence-electron chi connectivity index (χ4n) is 3.52. The number of rotatable bonds is 15. The van der Waals surface area contributed by atoms with Crippen LogP contribution >= 0.6 is 30.8 Å². The number of hydrogen-bond donors (Lipinski definition) is 4. The highest BCUT2D eigenvalue weighted by atomic mass is 35.5. The fourth-order valence-corrected chi connectivity index (χ4v) is 5.01. The van der Waals surface area contributed by atoms with E-state index in [0.29, 0.717) is 0 Å². The van der Waals surface area contributed by atoms with Crippen molar-refractivity contribution < 1.29 is 60.7 Å². The van der Waals surface area contributed by atoms with E-state index in [1.807, 2.05) is 0 Å². The number of hydrogen-bond acceptors (Lipinski definition) is 10. The second kappa shape index (κ2) is 17.1. The van der Waals surface area contributed by atoms with Crippen molar-refractivity contribution in [2.45, 2.75) is 36.2 Å². The van der Waals surface area contributed by atoms with E-state index in [9.17, 15) is 51.9 Å². The Kier molecular flexibility index (Phi) is 14.2. The van der Waals surface area contributed by atoms with Gasteiger partial charge in [0.25, 0.3) is 11.6 Å². The Morgan fingerprint density at radius 3 is 2.17 bits per heavy atom. The van der Waals surface area contributed by atoms with E-state index >= 15 is 0 Å². The van der Waals surface area contributed by atoms with Crippen LogP contribution in [0.15, 0.2) is 48.5 Å². The summed E-state index contributed by atoms with van der Waals surface area (Å²) in [6, 6.07) is 7.17. The van der Waals surface area contributed by atoms with Crippen LogP contribution in [0.2, 0.25) is 0 Å². The number of benzene rings is 2. The number of esters is 1. The maximum atomic E-state index is 13.3. The highest BCUT2D eigenvalue weighted by Crippen LogP contribution is 2.51. The number of halogens is 5. The van der Waals surface area contributed by atoms with Crippen LogP contribution < -0.4 is 16.0 Å². The number of alkyl halides is 5. The van der Waals surface area contributed by atoms with E-state index in [1.54, 1.807) is 5.32 Å². The van der Waals surface area contributed by atoms with Gasteiger partial charge < -0.3 is 30.3 Å². The lowest BCUT2D eigenvalue weighted by atomic mass is 10.0. The minimum Gasteiger partial charge on any atom is -0.465 e. The highest BCUT2D eigenvalue weighted by molar-refractivity contribution is 7.51. The van der Waals surface area contributed by atoms with Crippen LogP contribution in [0, 0.1) is 10.1 Å². The van der Waals surface area contributed by atoms with Crippen LogP contribution in [0.1, 0.15) is 24.2 Å². The molecule has 0 fully saturated rings. The van der Waals surface area contributed by atoms with Crippen LogP contribution in [0.4, 0.5) is 29.3 Å². The lowest BCUT2D eigenvalue weighted by Gasteiger charge is -2.30. The standard InChI is InChI=1S/C25H26Cl2F3N4O11P/c1-2-43-19(35)11-31-24(38)44-12-18(33-22(36)21(26)27)20(15-5-9-17(10-6-15)34(39)40)45-46(41,42)13-14-3-7-16(8-4-14)32-23(37)25(28,29)30/h3-10,18,20-21H,2,11-13H2,1H3,(H,31,38)(H,32,37)(H,33,36)(H,41,42)/t18-,20-/m1/s1. The zero-order chi connectivity index (χ0) is 34.7. The number of ether oxygens (including phenoxy) is 2. The summed E-state index contributed by atoms with van der Waals surface area (Å²) >= 11 is 11.3. The van der Waals surface area contributed by atoms with Crippen molar-refractivity contribution in [1.29, 1.82) is 0 Å². The minimum atomic E-state index is -5.15. The number of nitro benzene ring substituents is 1. The van der Waals surface area contributed by atoms with E-state index < -0.39 is 78.9 Å². The molecule has 21 heteroatoms. The van der Waals surface area contributed by atoms with Crippen molar-refractivity contribution in [3.63, 3.8) is 0 Å². The second-order valence-corrected chi connectivity index (χ2v) is 11.9. The Morgan fingerprint density at radius 1 is 1.04 bits per heavy atom. The number of carbonyl (C=O) groups is 4. The summed E-state index contributed by atoms with van der Waals surface area (Å²) in [4.78, 5) is 66.9. The van der Waals surface area contributed by atoms with Crippen molar-refractivity contribution in [3.05, 3.63) is 69.8 Å². The molecule has 0 aliphatic heterocycles. The molecule has 3 atom stereocenters. The molecule has 0 aliphatic carbocycles. The summed E-state index contributed by atoms with van der Waals surface area (Å²) in [7, 11) is -4.77. The summed E-state index contributed by atoms with van der Waals surface area (Å²) in [6.45, 7) is 0.212. The Hall–Kier alpha value is -3.96. The van der Waals surface area contributed by atoms with Crippen LogP contribution in [-0.4, -0.2) is 70.5 Å². The van der Waals surface area contributed by atoms with Gasteiger partial charge in [0.05, 0.1) is 23.7 Å². The van der Waals surface area contributed by atoms with E-state index in [-0.39, 0.29) is 29.1 Å². The van der Waals surface area contributed by atoms with Gasteiger partial charge in [-0.3, -0.25) is 33.6 Å². The first kappa shape index (κ1) is 38.2. The number of alkyl carbamates (subject to hydrolysis) is 1. The Bertz CT molecular complexity index is 1450. The minimum absolute atomic E-state index is 0.0217. The number of non-ortho nitro benzene ring substituents is 1. The summed E-state index contributed by atoms with van der Waals surface area (Å²) in [5.41, 5.74) is -0.591. The molecule has 2 aromatic rings. The molecular formula is C25H26Cl2F3N4O11P. The molecule has 15 nitrogen and oxygen atoms in total. The molecule has 0 saturated heterocycles. The quantitative estimate of drug-likeness (QED) is 0.0677. The van der Waals surface area contributed by atoms with Crippen LogP contribution in [-0.2, 0) is 39.1 Å². The molecule has 252 valence electrons. The van der Waals surface area contributed by atoms with Crippen molar-refractivity contribution in [2.75, 3.05) is 25.1 Å². The zero-order valence-corrected chi connectivity index (χ0v) is 25.9. The van der Waals surface area contributed by atoms with Gasteiger partial charge in [0, 0.05) is 17.8 Å². The average Bonchev–Trinajstić information content (AvgIpc) is 2.97. The monoisotopic (exact) mass is 716 g/mol. The maximum Gasteiger partial charge on any atom is 0.471 e. The first-order valence-corrected chi connectivity index (χ1v) is 15.4. The third-order valence-electron chi connectivity index (χ3n) is 5.53. The van der Waals surface area contributed by atoms with Crippen LogP contribution in [0.3, 0.4) is 0 Å². The molecule has 0 radical (unpaired) electrons. The van der Waals surface area contributed by atoms with E-state index in [1.165, 1.54) is 6.92 Å². The molecule has 46 heavy (non-hydrogen) atoms. The molecule has 0 aromatic heterocycles. The lowest BCUT2D eigenvalue weighted by Crippen LogP contribution is -2.46. The van der Waals surface area contributed by atoms with Gasteiger partial charge >= 0.3 is 31.7 Å². The molecule has 0 heterocycles. The number of nitro groups is 1. The van der Waals surface area contributed by atoms with Gasteiger partial charge in [-0.15, -0.1) is 0 Å².